The Morgan fingerprint density at radius 1 is 1.53 bits per heavy atom. The van der Waals surface area contributed by atoms with Crippen molar-refractivity contribution in [1.82, 2.24) is 4.90 Å². The van der Waals surface area contributed by atoms with E-state index in [1.165, 1.54) is 0 Å². The van der Waals surface area contributed by atoms with E-state index in [-0.39, 0.29) is 0 Å². The summed E-state index contributed by atoms with van der Waals surface area (Å²) in [5.41, 5.74) is 0. The van der Waals surface area contributed by atoms with Gasteiger partial charge in [-0.05, 0) is 6.92 Å². The second kappa shape index (κ2) is 6.94. The van der Waals surface area contributed by atoms with Crippen LogP contribution in [0, 0.1) is 0 Å². The van der Waals surface area contributed by atoms with E-state index in [0.29, 0.717) is 19.8 Å². The summed E-state index contributed by atoms with van der Waals surface area (Å²) in [5, 5.41) is 0. The molecule has 0 aliphatic carbocycles. The van der Waals surface area contributed by atoms with Crippen molar-refractivity contribution in [2.75, 3.05) is 40.0 Å². The molecule has 1 saturated heterocycles. The molecular formula is C8H18NO6PS. The van der Waals surface area contributed by atoms with E-state index >= 15 is 0 Å². The highest BCUT2D eigenvalue weighted by atomic mass is 32.8. The molecule has 1 heterocycles. The first-order valence-electron chi connectivity index (χ1n) is 5.24. The molecule has 1 fully saturated rings. The van der Waals surface area contributed by atoms with Crippen LogP contribution in [0.25, 0.3) is 0 Å². The number of nitrogens with zero attached hydrogens (tertiary/aromatic N) is 1. The molecule has 0 aromatic heterocycles. The lowest BCUT2D eigenvalue weighted by molar-refractivity contribution is 0.0237. The number of ether oxygens (including phenoxy) is 1. The highest BCUT2D eigenvalue weighted by molar-refractivity contribution is 8.43. The summed E-state index contributed by atoms with van der Waals surface area (Å²) in [4.78, 5) is 11.2. The molecule has 3 unspecified atom stereocenters. The molecule has 0 amide bonds. The van der Waals surface area contributed by atoms with Crippen LogP contribution in [0.2, 0.25) is 0 Å². The van der Waals surface area contributed by atoms with Crippen molar-refractivity contribution in [1.29, 1.82) is 0 Å². The summed E-state index contributed by atoms with van der Waals surface area (Å²) in [6, 6.07) is 0. The zero-order valence-corrected chi connectivity index (χ0v) is 11.6. The van der Waals surface area contributed by atoms with Gasteiger partial charge in [0.15, 0.2) is 0 Å². The number of hydrogen-bond donors (Lipinski definition) is 1. The smallest absolute Gasteiger partial charge is 0.379 e. The third kappa shape index (κ3) is 5.13. The Morgan fingerprint density at radius 2 is 2.12 bits per heavy atom. The molecule has 1 aliphatic rings. The number of hydrogen-bond acceptors (Lipinski definition) is 6. The first-order chi connectivity index (χ1) is 7.95. The highest BCUT2D eigenvalue weighted by Gasteiger charge is 2.30. The van der Waals surface area contributed by atoms with Gasteiger partial charge in [0.25, 0.3) is 10.7 Å². The van der Waals surface area contributed by atoms with Crippen molar-refractivity contribution in [2.24, 2.45) is 0 Å². The van der Waals surface area contributed by atoms with Crippen LogP contribution in [0.1, 0.15) is 6.92 Å². The summed E-state index contributed by atoms with van der Waals surface area (Å²) >= 11 is 0. The summed E-state index contributed by atoms with van der Waals surface area (Å²) < 4.78 is 36.9. The average Bonchev–Trinajstić information content (AvgIpc) is 2.30. The fourth-order valence-electron chi connectivity index (χ4n) is 1.43. The van der Waals surface area contributed by atoms with E-state index in [1.54, 1.807) is 6.92 Å². The normalized spacial score (nSPS) is 25.1. The van der Waals surface area contributed by atoms with Crippen LogP contribution in [0.15, 0.2) is 0 Å². The molecular weight excluding hydrogens is 269 g/mol. The third-order valence-corrected chi connectivity index (χ3v) is 5.45. The van der Waals surface area contributed by atoms with Gasteiger partial charge in [-0.2, -0.15) is 0 Å². The maximum absolute atomic E-state index is 11.4. The van der Waals surface area contributed by atoms with E-state index in [4.69, 9.17) is 13.8 Å². The summed E-state index contributed by atoms with van der Waals surface area (Å²) in [5.74, 6) is 0. The quantitative estimate of drug-likeness (QED) is 0.695. The second-order valence-corrected chi connectivity index (χ2v) is 7.90. The van der Waals surface area contributed by atoms with Gasteiger partial charge in [0.05, 0.1) is 19.3 Å². The Kier molecular flexibility index (Phi) is 6.22. The van der Waals surface area contributed by atoms with Crippen molar-refractivity contribution in [3.63, 3.8) is 0 Å². The van der Waals surface area contributed by atoms with E-state index in [1.807, 2.05) is 0 Å². The minimum Gasteiger partial charge on any atom is -0.379 e. The van der Waals surface area contributed by atoms with Crippen LogP contribution < -0.4 is 0 Å². The van der Waals surface area contributed by atoms with Crippen molar-refractivity contribution in [3.8, 4) is 0 Å². The fourth-order valence-corrected chi connectivity index (χ4v) is 3.14. The highest BCUT2D eigenvalue weighted by Crippen LogP contribution is 2.46. The predicted molar refractivity (Wildman–Crippen MR) is 62.8 cm³/mol. The molecule has 0 aromatic carbocycles. The zero-order chi connectivity index (χ0) is 12.9. The van der Waals surface area contributed by atoms with E-state index in [0.717, 1.165) is 20.2 Å². The van der Waals surface area contributed by atoms with E-state index in [9.17, 15) is 8.77 Å². The first-order valence-corrected chi connectivity index (χ1v) is 8.49. The number of morpholine rings is 1. The Bertz CT molecular complexity index is 308. The average molecular weight is 287 g/mol. The molecule has 0 saturated carbocycles. The van der Waals surface area contributed by atoms with Gasteiger partial charge in [-0.1, -0.05) is 0 Å². The van der Waals surface area contributed by atoms with Gasteiger partial charge in [-0.3, -0.25) is 9.08 Å². The van der Waals surface area contributed by atoms with Crippen molar-refractivity contribution in [2.45, 2.75) is 13.0 Å². The van der Waals surface area contributed by atoms with Gasteiger partial charge in [-0.15, -0.1) is 0 Å². The SMILES string of the molecule is COP(=O)(O)S(=O)OC(C)CN1CCOCC1. The van der Waals surface area contributed by atoms with E-state index < -0.39 is 23.6 Å². The van der Waals surface area contributed by atoms with Crippen LogP contribution in [0.3, 0.4) is 0 Å². The molecule has 17 heavy (non-hydrogen) atoms. The van der Waals surface area contributed by atoms with Gasteiger partial charge in [0, 0.05) is 26.7 Å². The Balaban J connectivity index is 2.35. The topological polar surface area (TPSA) is 85.3 Å². The Hall–Kier alpha value is 0.180. The van der Waals surface area contributed by atoms with E-state index in [2.05, 4.69) is 9.42 Å². The molecule has 3 atom stereocenters. The summed E-state index contributed by atoms with van der Waals surface area (Å²) in [7, 11) is -1.31. The summed E-state index contributed by atoms with van der Waals surface area (Å²) in [6.07, 6.45) is -0.412. The van der Waals surface area contributed by atoms with Crippen molar-refractivity contribution < 1.29 is 27.1 Å². The fraction of sp³-hybridized carbons (Fsp3) is 1.00. The van der Waals surface area contributed by atoms with Gasteiger partial charge in [-0.25, -0.2) is 8.77 Å². The largest absolute Gasteiger partial charge is 0.442 e. The van der Waals surface area contributed by atoms with Crippen LogP contribution >= 0.6 is 6.80 Å². The Labute approximate surface area is 103 Å². The van der Waals surface area contributed by atoms with Gasteiger partial charge >= 0.3 is 6.80 Å². The molecule has 9 heteroatoms. The zero-order valence-electron chi connectivity index (χ0n) is 9.90. The molecule has 7 nitrogen and oxygen atoms in total. The van der Waals surface area contributed by atoms with Crippen molar-refractivity contribution >= 4 is 17.5 Å². The standard InChI is InChI=1S/C8H18NO6PS/c1-8(7-9-3-5-14-6-4-9)15-17(12)16(10,11)13-2/h8H,3-7H2,1-2H3,(H,10,11). The molecule has 0 aromatic rings. The maximum Gasteiger partial charge on any atom is 0.442 e. The lowest BCUT2D eigenvalue weighted by Crippen LogP contribution is -2.40. The van der Waals surface area contributed by atoms with Crippen LogP contribution in [0.4, 0.5) is 0 Å². The first kappa shape index (κ1) is 15.2. The molecule has 102 valence electrons. The third-order valence-electron chi connectivity index (χ3n) is 2.28. The van der Waals surface area contributed by atoms with Crippen LogP contribution in [-0.4, -0.2) is 60.1 Å². The molecule has 1 aliphatic heterocycles. The minimum absolute atomic E-state index is 0.412. The van der Waals surface area contributed by atoms with Crippen LogP contribution in [-0.2, 0) is 28.7 Å². The molecule has 0 radical (unpaired) electrons. The lowest BCUT2D eigenvalue weighted by Gasteiger charge is -2.28. The van der Waals surface area contributed by atoms with Gasteiger partial charge < -0.3 is 14.2 Å². The lowest BCUT2D eigenvalue weighted by atomic mass is 10.3. The summed E-state index contributed by atoms with van der Waals surface area (Å²) in [6.45, 7) is 0.950. The Morgan fingerprint density at radius 3 is 2.65 bits per heavy atom. The molecule has 1 rings (SSSR count). The molecule has 1 N–H and O–H groups in total. The predicted octanol–water partition coefficient (Wildman–Crippen LogP) is 0.134. The van der Waals surface area contributed by atoms with Crippen molar-refractivity contribution in [3.05, 3.63) is 0 Å². The van der Waals surface area contributed by atoms with Gasteiger partial charge in [0.2, 0.25) is 0 Å². The maximum atomic E-state index is 11.4. The van der Waals surface area contributed by atoms with Gasteiger partial charge in [0.1, 0.15) is 0 Å². The molecule has 0 spiro atoms. The second-order valence-electron chi connectivity index (χ2n) is 3.69. The molecule has 0 bridgehead atoms. The minimum atomic E-state index is -4.16. The van der Waals surface area contributed by atoms with Crippen LogP contribution in [0.5, 0.6) is 0 Å². The number of rotatable bonds is 6. The monoisotopic (exact) mass is 287 g/mol.